The Balaban J connectivity index is 1.43. The first kappa shape index (κ1) is 21.6. The quantitative estimate of drug-likeness (QED) is 0.417. The van der Waals surface area contributed by atoms with Crippen LogP contribution in [-0.2, 0) is 13.2 Å². The van der Waals surface area contributed by atoms with Gasteiger partial charge in [-0.25, -0.2) is 4.39 Å². The van der Waals surface area contributed by atoms with Gasteiger partial charge in [0, 0.05) is 11.2 Å². The molecule has 0 radical (unpaired) electrons. The van der Waals surface area contributed by atoms with Gasteiger partial charge in [0.15, 0.2) is 5.69 Å². The van der Waals surface area contributed by atoms with Crippen LogP contribution in [0.25, 0.3) is 0 Å². The maximum absolute atomic E-state index is 13.2. The van der Waals surface area contributed by atoms with E-state index < -0.39 is 11.7 Å². The number of nitrogens with zero attached hydrogens (tertiary/aromatic N) is 3. The number of rotatable bonds is 7. The van der Waals surface area contributed by atoms with Crippen LogP contribution in [0.5, 0.6) is 5.75 Å². The summed E-state index contributed by atoms with van der Waals surface area (Å²) in [5.41, 5.74) is 2.96. The summed E-state index contributed by atoms with van der Waals surface area (Å²) in [7, 11) is 0. The van der Waals surface area contributed by atoms with Crippen LogP contribution < -0.4 is 10.1 Å². The number of ether oxygens (including phenoxy) is 1. The number of anilines is 1. The van der Waals surface area contributed by atoms with Gasteiger partial charge in [0.2, 0.25) is 0 Å². The molecule has 0 aliphatic rings. The molecular weight excluding hydrogens is 435 g/mol. The van der Waals surface area contributed by atoms with Crippen LogP contribution in [0.1, 0.15) is 32.9 Å². The van der Waals surface area contributed by atoms with Gasteiger partial charge in [-0.3, -0.25) is 9.48 Å². The molecule has 2 heterocycles. The van der Waals surface area contributed by atoms with Crippen molar-refractivity contribution in [3.63, 3.8) is 0 Å². The fourth-order valence-corrected chi connectivity index (χ4v) is 3.36. The summed E-state index contributed by atoms with van der Waals surface area (Å²) < 4.78 is 25.8. The number of nitrogens with one attached hydrogen (secondary N) is 1. The lowest BCUT2D eigenvalue weighted by molar-refractivity contribution is 0.101. The fraction of sp³-hybridized carbons (Fsp3) is 0.174. The third-order valence-electron chi connectivity index (χ3n) is 4.81. The van der Waals surface area contributed by atoms with Crippen molar-refractivity contribution < 1.29 is 18.4 Å². The zero-order chi connectivity index (χ0) is 22.7. The van der Waals surface area contributed by atoms with E-state index >= 15 is 0 Å². The lowest BCUT2D eigenvalue weighted by Crippen LogP contribution is -2.15. The topological polar surface area (TPSA) is 82.2 Å². The Morgan fingerprint density at radius 3 is 2.88 bits per heavy atom. The van der Waals surface area contributed by atoms with E-state index in [1.807, 2.05) is 31.2 Å². The van der Waals surface area contributed by atoms with Crippen molar-refractivity contribution in [2.45, 2.75) is 27.0 Å². The number of benzene rings is 2. The Morgan fingerprint density at radius 2 is 2.09 bits per heavy atom. The van der Waals surface area contributed by atoms with Crippen LogP contribution in [0.4, 0.5) is 10.1 Å². The summed E-state index contributed by atoms with van der Waals surface area (Å²) in [4.78, 5) is 12.8. The van der Waals surface area contributed by atoms with E-state index in [9.17, 15) is 9.18 Å². The number of hydrogen-bond acceptors (Lipinski definition) is 5. The second kappa shape index (κ2) is 9.23. The lowest BCUT2D eigenvalue weighted by Gasteiger charge is -2.07. The molecule has 0 unspecified atom stereocenters. The van der Waals surface area contributed by atoms with Gasteiger partial charge in [0.05, 0.1) is 24.0 Å². The zero-order valence-corrected chi connectivity index (χ0v) is 18.2. The molecule has 0 bridgehead atoms. The van der Waals surface area contributed by atoms with E-state index in [0.29, 0.717) is 39.9 Å². The lowest BCUT2D eigenvalue weighted by atomic mass is 10.2. The van der Waals surface area contributed by atoms with Crippen molar-refractivity contribution in [3.05, 3.63) is 93.8 Å². The third kappa shape index (κ3) is 4.97. The van der Waals surface area contributed by atoms with E-state index in [-0.39, 0.29) is 12.3 Å². The van der Waals surface area contributed by atoms with Crippen LogP contribution in [0.2, 0.25) is 5.02 Å². The molecule has 9 heteroatoms. The normalized spacial score (nSPS) is 10.9. The molecule has 0 aliphatic carbocycles. The molecule has 2 aromatic carbocycles. The van der Waals surface area contributed by atoms with Crippen molar-refractivity contribution >= 4 is 23.2 Å². The van der Waals surface area contributed by atoms with E-state index in [2.05, 4.69) is 15.6 Å². The molecule has 32 heavy (non-hydrogen) atoms. The minimum atomic E-state index is -0.441. The van der Waals surface area contributed by atoms with Gasteiger partial charge in [0.25, 0.3) is 5.91 Å². The van der Waals surface area contributed by atoms with Crippen LogP contribution in [0, 0.1) is 19.7 Å². The molecule has 0 fully saturated rings. The van der Waals surface area contributed by atoms with Gasteiger partial charge in [-0.05, 0) is 49.2 Å². The molecule has 2 aromatic heterocycles. The molecular formula is C23H20ClFN4O3. The van der Waals surface area contributed by atoms with Gasteiger partial charge < -0.3 is 14.6 Å². The fourth-order valence-electron chi connectivity index (χ4n) is 3.13. The first-order chi connectivity index (χ1) is 15.4. The van der Waals surface area contributed by atoms with Crippen molar-refractivity contribution in [1.82, 2.24) is 14.9 Å². The van der Waals surface area contributed by atoms with Gasteiger partial charge in [-0.15, -0.1) is 0 Å². The molecule has 164 valence electrons. The smallest absolute Gasteiger partial charge is 0.278 e. The maximum atomic E-state index is 13.2. The largest absolute Gasteiger partial charge is 0.489 e. The number of halogens is 2. The first-order valence-corrected chi connectivity index (χ1v) is 10.2. The summed E-state index contributed by atoms with van der Waals surface area (Å²) in [5.74, 6) is 0.350. The van der Waals surface area contributed by atoms with Crippen molar-refractivity contribution in [1.29, 1.82) is 0 Å². The molecule has 0 saturated carbocycles. The van der Waals surface area contributed by atoms with Gasteiger partial charge in [-0.2, -0.15) is 5.10 Å². The molecule has 1 N–H and O–H groups in total. The van der Waals surface area contributed by atoms with E-state index in [1.54, 1.807) is 23.9 Å². The maximum Gasteiger partial charge on any atom is 0.278 e. The molecule has 0 atom stereocenters. The Hall–Kier alpha value is -3.65. The molecule has 0 saturated heterocycles. The molecule has 1 amide bonds. The van der Waals surface area contributed by atoms with Gasteiger partial charge in [-0.1, -0.05) is 35.0 Å². The highest BCUT2D eigenvalue weighted by atomic mass is 35.5. The Morgan fingerprint density at radius 1 is 1.25 bits per heavy atom. The standard InChI is InChI=1S/C23H20ClFN4O3/c1-14-4-3-5-19(8-14)31-13-20-15(2)32-28-22(20)23(30)27-18-10-26-29(12-18)11-16-6-7-17(25)9-21(16)24/h3-10,12H,11,13H2,1-2H3,(H,27,30). The van der Waals surface area contributed by atoms with Crippen LogP contribution in [-0.4, -0.2) is 20.8 Å². The summed E-state index contributed by atoms with van der Waals surface area (Å²) in [6.07, 6.45) is 3.15. The third-order valence-corrected chi connectivity index (χ3v) is 5.16. The number of carbonyl (C=O) groups is 1. The average Bonchev–Trinajstić information content (AvgIpc) is 3.34. The highest BCUT2D eigenvalue weighted by Gasteiger charge is 2.21. The summed E-state index contributed by atoms with van der Waals surface area (Å²) in [6, 6.07) is 11.8. The molecule has 0 spiro atoms. The Labute approximate surface area is 188 Å². The Bertz CT molecular complexity index is 1270. The van der Waals surface area contributed by atoms with E-state index in [4.69, 9.17) is 20.9 Å². The first-order valence-electron chi connectivity index (χ1n) is 9.81. The summed E-state index contributed by atoms with van der Waals surface area (Å²) >= 11 is 6.07. The predicted molar refractivity (Wildman–Crippen MR) is 117 cm³/mol. The van der Waals surface area contributed by atoms with E-state index in [1.165, 1.54) is 18.3 Å². The molecule has 4 rings (SSSR count). The number of hydrogen-bond donors (Lipinski definition) is 1. The monoisotopic (exact) mass is 454 g/mol. The van der Waals surface area contributed by atoms with Gasteiger partial charge in [0.1, 0.15) is 23.9 Å². The highest BCUT2D eigenvalue weighted by molar-refractivity contribution is 6.31. The zero-order valence-electron chi connectivity index (χ0n) is 17.4. The second-order valence-corrected chi connectivity index (χ2v) is 7.69. The highest BCUT2D eigenvalue weighted by Crippen LogP contribution is 2.21. The number of aryl methyl sites for hydroxylation is 2. The van der Waals surface area contributed by atoms with Gasteiger partial charge >= 0.3 is 0 Å². The van der Waals surface area contributed by atoms with E-state index in [0.717, 1.165) is 5.56 Å². The minimum absolute atomic E-state index is 0.143. The van der Waals surface area contributed by atoms with Crippen LogP contribution in [0.3, 0.4) is 0 Å². The van der Waals surface area contributed by atoms with Crippen LogP contribution in [0.15, 0.2) is 59.4 Å². The number of aromatic nitrogens is 3. The summed E-state index contributed by atoms with van der Waals surface area (Å²) in [6.45, 7) is 4.17. The SMILES string of the molecule is Cc1cccc(OCc2c(C(=O)Nc3cnn(Cc4ccc(F)cc4Cl)c3)noc2C)c1. The number of carbonyl (C=O) groups excluding carboxylic acids is 1. The van der Waals surface area contributed by atoms with Crippen LogP contribution >= 0.6 is 11.6 Å². The second-order valence-electron chi connectivity index (χ2n) is 7.29. The predicted octanol–water partition coefficient (Wildman–Crippen LogP) is 5.16. The summed E-state index contributed by atoms with van der Waals surface area (Å²) in [5, 5.41) is 11.2. The molecule has 4 aromatic rings. The molecule has 0 aliphatic heterocycles. The Kier molecular flexibility index (Phi) is 6.23. The minimum Gasteiger partial charge on any atom is -0.489 e. The average molecular weight is 455 g/mol. The van der Waals surface area contributed by atoms with Crippen molar-refractivity contribution in [2.24, 2.45) is 0 Å². The molecule has 7 nitrogen and oxygen atoms in total. The number of amides is 1. The van der Waals surface area contributed by atoms with Crippen molar-refractivity contribution in [2.75, 3.05) is 5.32 Å². The van der Waals surface area contributed by atoms with Crippen molar-refractivity contribution in [3.8, 4) is 5.75 Å².